The van der Waals surface area contributed by atoms with E-state index in [1.54, 1.807) is 33.4 Å². The molecule has 0 aliphatic carbocycles. The second kappa shape index (κ2) is 8.72. The van der Waals surface area contributed by atoms with Gasteiger partial charge in [0.25, 0.3) is 0 Å². The maximum atomic E-state index is 11.7. The zero-order chi connectivity index (χ0) is 19.9. The number of amides is 2. The molecule has 1 aromatic heterocycles. The first-order valence-corrected chi connectivity index (χ1v) is 8.54. The molecular weight excluding hydrogens is 358 g/mol. The molecule has 1 heterocycles. The molecule has 0 unspecified atom stereocenters. The van der Waals surface area contributed by atoms with Crippen LogP contribution in [0.1, 0.15) is 0 Å². The lowest BCUT2D eigenvalue weighted by Gasteiger charge is -2.13. The van der Waals surface area contributed by atoms with E-state index >= 15 is 0 Å². The highest BCUT2D eigenvalue weighted by Crippen LogP contribution is 2.31. The third-order valence-electron chi connectivity index (χ3n) is 4.00. The van der Waals surface area contributed by atoms with Crippen molar-refractivity contribution in [1.29, 1.82) is 0 Å². The van der Waals surface area contributed by atoms with Crippen molar-refractivity contribution in [2.45, 2.75) is 0 Å². The van der Waals surface area contributed by atoms with Crippen molar-refractivity contribution in [2.75, 3.05) is 31.9 Å². The summed E-state index contributed by atoms with van der Waals surface area (Å²) in [5.74, 6) is 1.88. The summed E-state index contributed by atoms with van der Waals surface area (Å²) < 4.78 is 10.7. The average Bonchev–Trinajstić information content (AvgIpc) is 2.74. The van der Waals surface area contributed by atoms with E-state index in [-0.39, 0.29) is 6.03 Å². The molecule has 0 aliphatic rings. The predicted molar refractivity (Wildman–Crippen MR) is 108 cm³/mol. The van der Waals surface area contributed by atoms with Gasteiger partial charge in [-0.1, -0.05) is 12.1 Å². The summed E-state index contributed by atoms with van der Waals surface area (Å²) in [6.07, 6.45) is 1.48. The lowest BCUT2D eigenvalue weighted by Crippen LogP contribution is -2.24. The van der Waals surface area contributed by atoms with Gasteiger partial charge in [0.2, 0.25) is 0 Å². The number of nitrogens with one attached hydrogen (secondary N) is 3. The van der Waals surface area contributed by atoms with E-state index in [4.69, 9.17) is 9.47 Å². The number of rotatable bonds is 6. The van der Waals surface area contributed by atoms with Gasteiger partial charge < -0.3 is 25.4 Å². The smallest absolute Gasteiger partial charge is 0.319 e. The molecular formula is C20H21N5O3. The fourth-order valence-electron chi connectivity index (χ4n) is 2.65. The molecule has 28 heavy (non-hydrogen) atoms. The molecule has 0 fully saturated rings. The summed E-state index contributed by atoms with van der Waals surface area (Å²) in [6.45, 7) is 0. The van der Waals surface area contributed by atoms with Gasteiger partial charge in [-0.25, -0.2) is 14.8 Å². The molecule has 144 valence electrons. The molecule has 3 rings (SSSR count). The van der Waals surface area contributed by atoms with Crippen LogP contribution in [0.15, 0.2) is 54.9 Å². The monoisotopic (exact) mass is 379 g/mol. The number of para-hydroxylation sites is 1. The lowest BCUT2D eigenvalue weighted by molar-refractivity contribution is 0.254. The maximum Gasteiger partial charge on any atom is 0.319 e. The molecule has 0 atom stereocenters. The minimum absolute atomic E-state index is 0.337. The molecule has 8 heteroatoms. The highest BCUT2D eigenvalue weighted by Gasteiger charge is 2.10. The Morgan fingerprint density at radius 2 is 1.75 bits per heavy atom. The number of nitrogens with zero attached hydrogens (tertiary/aromatic N) is 2. The van der Waals surface area contributed by atoms with Crippen LogP contribution < -0.4 is 25.4 Å². The molecule has 0 radical (unpaired) electrons. The van der Waals surface area contributed by atoms with E-state index in [9.17, 15) is 4.79 Å². The van der Waals surface area contributed by atoms with E-state index < -0.39 is 0 Å². The number of aromatic nitrogens is 2. The van der Waals surface area contributed by atoms with Crippen LogP contribution >= 0.6 is 0 Å². The van der Waals surface area contributed by atoms with Gasteiger partial charge >= 0.3 is 6.03 Å². The van der Waals surface area contributed by atoms with Gasteiger partial charge in [-0.2, -0.15) is 0 Å². The first kappa shape index (κ1) is 19.0. The van der Waals surface area contributed by atoms with E-state index in [2.05, 4.69) is 25.9 Å². The third-order valence-corrected chi connectivity index (χ3v) is 4.00. The van der Waals surface area contributed by atoms with Crippen LogP contribution in [0.3, 0.4) is 0 Å². The molecule has 0 saturated carbocycles. The quantitative estimate of drug-likeness (QED) is 0.605. The number of hydrogen-bond acceptors (Lipinski definition) is 6. The number of carbonyl (C=O) groups excluding carboxylic acids is 1. The lowest BCUT2D eigenvalue weighted by atomic mass is 10.1. The SMILES string of the molecule is CNC(=O)Nc1cc(Nc2cc(-c3ccccc3OC)ncn2)ccc1OC. The van der Waals surface area contributed by atoms with Gasteiger partial charge in [0, 0.05) is 24.4 Å². The standard InChI is InChI=1S/C20H21N5O3/c1-21-20(26)25-16-10-13(8-9-18(16)28-3)24-19-11-15(22-12-23-19)14-6-4-5-7-17(14)27-2/h4-12H,1-3H3,(H2,21,25,26)(H,22,23,24). The Kier molecular flexibility index (Phi) is 5.91. The first-order valence-electron chi connectivity index (χ1n) is 8.54. The Hall–Kier alpha value is -3.81. The molecule has 2 amide bonds. The van der Waals surface area contributed by atoms with E-state index in [1.807, 2.05) is 36.4 Å². The van der Waals surface area contributed by atoms with Crippen LogP contribution in [0.4, 0.5) is 22.0 Å². The summed E-state index contributed by atoms with van der Waals surface area (Å²) in [4.78, 5) is 20.3. The van der Waals surface area contributed by atoms with Crippen LogP contribution in [-0.4, -0.2) is 37.3 Å². The summed E-state index contributed by atoms with van der Waals surface area (Å²) in [5, 5.41) is 8.45. The van der Waals surface area contributed by atoms with Crippen molar-refractivity contribution in [3.8, 4) is 22.8 Å². The largest absolute Gasteiger partial charge is 0.496 e. The molecule has 0 bridgehead atoms. The first-order chi connectivity index (χ1) is 13.6. The van der Waals surface area contributed by atoms with Crippen LogP contribution in [0.25, 0.3) is 11.3 Å². The summed E-state index contributed by atoms with van der Waals surface area (Å²) in [5.41, 5.74) is 2.86. The molecule has 2 aromatic carbocycles. The highest BCUT2D eigenvalue weighted by atomic mass is 16.5. The van der Waals surface area contributed by atoms with E-state index in [0.717, 1.165) is 22.7 Å². The van der Waals surface area contributed by atoms with Crippen molar-refractivity contribution in [1.82, 2.24) is 15.3 Å². The third kappa shape index (κ3) is 4.29. The Balaban J connectivity index is 1.88. The predicted octanol–water partition coefficient (Wildman–Crippen LogP) is 3.66. The van der Waals surface area contributed by atoms with Crippen molar-refractivity contribution >= 4 is 23.2 Å². The van der Waals surface area contributed by atoms with E-state index in [1.165, 1.54) is 6.33 Å². The van der Waals surface area contributed by atoms with Crippen molar-refractivity contribution in [3.63, 3.8) is 0 Å². The normalized spacial score (nSPS) is 10.1. The molecule has 8 nitrogen and oxygen atoms in total. The van der Waals surface area contributed by atoms with Crippen LogP contribution in [0, 0.1) is 0 Å². The van der Waals surface area contributed by atoms with Crippen LogP contribution in [0.2, 0.25) is 0 Å². The highest BCUT2D eigenvalue weighted by molar-refractivity contribution is 5.91. The van der Waals surface area contributed by atoms with Crippen molar-refractivity contribution < 1.29 is 14.3 Å². The number of methoxy groups -OCH3 is 2. The van der Waals surface area contributed by atoms with Gasteiger partial charge in [-0.3, -0.25) is 0 Å². The topological polar surface area (TPSA) is 97.4 Å². The molecule has 0 aliphatic heterocycles. The number of urea groups is 1. The molecule has 0 spiro atoms. The van der Waals surface area contributed by atoms with E-state index in [0.29, 0.717) is 17.3 Å². The summed E-state index contributed by atoms with van der Waals surface area (Å²) in [7, 11) is 4.71. The Bertz CT molecular complexity index is 978. The fourth-order valence-corrected chi connectivity index (χ4v) is 2.65. The van der Waals surface area contributed by atoms with Gasteiger partial charge in [0.1, 0.15) is 23.6 Å². The second-order valence-electron chi connectivity index (χ2n) is 5.73. The van der Waals surface area contributed by atoms with Crippen molar-refractivity contribution in [2.24, 2.45) is 0 Å². The maximum absolute atomic E-state index is 11.7. The molecule has 3 N–H and O–H groups in total. The number of ether oxygens (including phenoxy) is 2. The average molecular weight is 379 g/mol. The zero-order valence-corrected chi connectivity index (χ0v) is 15.8. The van der Waals surface area contributed by atoms with Crippen LogP contribution in [-0.2, 0) is 0 Å². The number of benzene rings is 2. The number of anilines is 3. The Labute approximate surface area is 162 Å². The Morgan fingerprint density at radius 1 is 0.964 bits per heavy atom. The Morgan fingerprint density at radius 3 is 2.50 bits per heavy atom. The van der Waals surface area contributed by atoms with Crippen molar-refractivity contribution in [3.05, 3.63) is 54.9 Å². The summed E-state index contributed by atoms with van der Waals surface area (Å²) >= 11 is 0. The minimum Gasteiger partial charge on any atom is -0.496 e. The van der Waals surface area contributed by atoms with Gasteiger partial charge in [0.15, 0.2) is 0 Å². The summed E-state index contributed by atoms with van der Waals surface area (Å²) in [6, 6.07) is 14.5. The number of carbonyl (C=O) groups is 1. The van der Waals surface area contributed by atoms with Gasteiger partial charge in [-0.05, 0) is 30.3 Å². The van der Waals surface area contributed by atoms with Gasteiger partial charge in [0.05, 0.1) is 25.6 Å². The number of hydrogen-bond donors (Lipinski definition) is 3. The molecule has 0 saturated heterocycles. The minimum atomic E-state index is -0.337. The molecule has 3 aromatic rings. The zero-order valence-electron chi connectivity index (χ0n) is 15.8. The van der Waals surface area contributed by atoms with Crippen LogP contribution in [0.5, 0.6) is 11.5 Å². The fraction of sp³-hybridized carbons (Fsp3) is 0.150. The van der Waals surface area contributed by atoms with Gasteiger partial charge in [-0.15, -0.1) is 0 Å². The second-order valence-corrected chi connectivity index (χ2v) is 5.73.